The maximum absolute atomic E-state index is 13.3. The van der Waals surface area contributed by atoms with Gasteiger partial charge in [-0.3, -0.25) is 9.78 Å². The summed E-state index contributed by atoms with van der Waals surface area (Å²) >= 11 is 0. The molecule has 4 nitrogen and oxygen atoms in total. The van der Waals surface area contributed by atoms with Crippen LogP contribution in [0.1, 0.15) is 34.5 Å². The van der Waals surface area contributed by atoms with Gasteiger partial charge >= 0.3 is 0 Å². The van der Waals surface area contributed by atoms with Crippen LogP contribution in [0.4, 0.5) is 0 Å². The van der Waals surface area contributed by atoms with Crippen LogP contribution in [-0.2, 0) is 0 Å². The van der Waals surface area contributed by atoms with Crippen molar-refractivity contribution >= 4 is 16.8 Å². The first kappa shape index (κ1) is 17.9. The van der Waals surface area contributed by atoms with Crippen LogP contribution in [0, 0.1) is 6.92 Å². The fraction of sp³-hybridized carbons (Fsp3) is 0.125. The van der Waals surface area contributed by atoms with Crippen LogP contribution in [0.3, 0.4) is 0 Å². The van der Waals surface area contributed by atoms with E-state index in [2.05, 4.69) is 10.3 Å². The highest BCUT2D eigenvalue weighted by molar-refractivity contribution is 6.09. The van der Waals surface area contributed by atoms with Crippen LogP contribution in [0.25, 0.3) is 22.2 Å². The van der Waals surface area contributed by atoms with E-state index in [1.54, 1.807) is 12.4 Å². The summed E-state index contributed by atoms with van der Waals surface area (Å²) < 4.78 is 0. The van der Waals surface area contributed by atoms with Gasteiger partial charge in [-0.15, -0.1) is 0 Å². The average molecular weight is 367 g/mol. The molecule has 0 aliphatic heterocycles. The van der Waals surface area contributed by atoms with Crippen LogP contribution >= 0.6 is 0 Å². The van der Waals surface area contributed by atoms with E-state index in [4.69, 9.17) is 4.98 Å². The van der Waals surface area contributed by atoms with Crippen LogP contribution in [0.2, 0.25) is 0 Å². The minimum absolute atomic E-state index is 0.0995. The number of carbonyl (C=O) groups is 1. The number of para-hydroxylation sites is 1. The molecule has 2 heterocycles. The molecular weight excluding hydrogens is 346 g/mol. The van der Waals surface area contributed by atoms with E-state index in [-0.39, 0.29) is 11.9 Å². The van der Waals surface area contributed by atoms with Crippen molar-refractivity contribution in [1.29, 1.82) is 0 Å². The number of hydrogen-bond acceptors (Lipinski definition) is 3. The Kier molecular flexibility index (Phi) is 4.85. The van der Waals surface area contributed by atoms with Crippen molar-refractivity contribution in [1.82, 2.24) is 15.3 Å². The Morgan fingerprint density at radius 2 is 1.61 bits per heavy atom. The van der Waals surface area contributed by atoms with E-state index in [9.17, 15) is 4.79 Å². The maximum atomic E-state index is 13.3. The molecule has 0 bridgehead atoms. The van der Waals surface area contributed by atoms with Crippen LogP contribution < -0.4 is 5.32 Å². The van der Waals surface area contributed by atoms with Gasteiger partial charge in [0.25, 0.3) is 5.91 Å². The van der Waals surface area contributed by atoms with Crippen molar-refractivity contribution in [3.63, 3.8) is 0 Å². The molecular formula is C24H21N3O. The molecule has 1 amide bonds. The Balaban J connectivity index is 1.81. The lowest BCUT2D eigenvalue weighted by atomic mass is 9.96. The van der Waals surface area contributed by atoms with Crippen molar-refractivity contribution in [2.75, 3.05) is 0 Å². The Bertz CT molecular complexity index is 1120. The van der Waals surface area contributed by atoms with Crippen LogP contribution in [0.15, 0.2) is 79.1 Å². The van der Waals surface area contributed by atoms with Crippen molar-refractivity contribution in [3.8, 4) is 11.3 Å². The summed E-state index contributed by atoms with van der Waals surface area (Å²) in [5.74, 6) is -0.0995. The number of carbonyl (C=O) groups excluding carboxylic acids is 1. The molecule has 0 aliphatic rings. The number of nitrogens with one attached hydrogen (secondary N) is 1. The molecule has 0 saturated heterocycles. The standard InChI is InChI=1S/C24H21N3O/c1-16-22(24(28)26-17(2)18-12-14-25-15-13-18)20-10-6-7-11-21(20)27-23(16)19-8-4-3-5-9-19/h3-15,17H,1-2H3,(H,26,28). The molecule has 0 radical (unpaired) electrons. The molecule has 4 aromatic rings. The van der Waals surface area contributed by atoms with Gasteiger partial charge in [-0.2, -0.15) is 0 Å². The lowest BCUT2D eigenvalue weighted by molar-refractivity contribution is 0.0941. The zero-order valence-electron chi connectivity index (χ0n) is 15.9. The van der Waals surface area contributed by atoms with Crippen molar-refractivity contribution in [2.24, 2.45) is 0 Å². The Morgan fingerprint density at radius 1 is 0.929 bits per heavy atom. The van der Waals surface area contributed by atoms with Gasteiger partial charge < -0.3 is 5.32 Å². The first-order valence-corrected chi connectivity index (χ1v) is 9.30. The first-order chi connectivity index (χ1) is 13.6. The van der Waals surface area contributed by atoms with E-state index in [0.717, 1.165) is 33.3 Å². The summed E-state index contributed by atoms with van der Waals surface area (Å²) in [7, 11) is 0. The molecule has 4 heteroatoms. The summed E-state index contributed by atoms with van der Waals surface area (Å²) in [6, 6.07) is 21.5. The van der Waals surface area contributed by atoms with E-state index < -0.39 is 0 Å². The lowest BCUT2D eigenvalue weighted by Crippen LogP contribution is -2.27. The second-order valence-corrected chi connectivity index (χ2v) is 6.82. The van der Waals surface area contributed by atoms with Gasteiger partial charge in [0.05, 0.1) is 22.8 Å². The number of fused-ring (bicyclic) bond motifs is 1. The molecule has 0 fully saturated rings. The molecule has 2 aromatic carbocycles. The number of pyridine rings is 2. The van der Waals surface area contributed by atoms with Gasteiger partial charge in [-0.25, -0.2) is 4.98 Å². The minimum atomic E-state index is -0.123. The van der Waals surface area contributed by atoms with Gasteiger partial charge in [0.2, 0.25) is 0 Å². The van der Waals surface area contributed by atoms with E-state index in [1.807, 2.05) is 80.6 Å². The van der Waals surface area contributed by atoms with Crippen molar-refractivity contribution < 1.29 is 4.79 Å². The maximum Gasteiger partial charge on any atom is 0.252 e. The highest BCUT2D eigenvalue weighted by Crippen LogP contribution is 2.30. The summed E-state index contributed by atoms with van der Waals surface area (Å²) in [4.78, 5) is 22.2. The van der Waals surface area contributed by atoms with E-state index in [1.165, 1.54) is 0 Å². The molecule has 28 heavy (non-hydrogen) atoms. The highest BCUT2D eigenvalue weighted by Gasteiger charge is 2.20. The highest BCUT2D eigenvalue weighted by atomic mass is 16.1. The van der Waals surface area contributed by atoms with E-state index in [0.29, 0.717) is 5.56 Å². The third kappa shape index (κ3) is 3.37. The van der Waals surface area contributed by atoms with Crippen molar-refractivity contribution in [3.05, 3.63) is 95.8 Å². The van der Waals surface area contributed by atoms with Crippen molar-refractivity contribution in [2.45, 2.75) is 19.9 Å². The quantitative estimate of drug-likeness (QED) is 0.546. The molecule has 1 unspecified atom stereocenters. The Hall–Kier alpha value is -3.53. The minimum Gasteiger partial charge on any atom is -0.345 e. The zero-order valence-corrected chi connectivity index (χ0v) is 15.9. The normalized spacial score (nSPS) is 11.9. The first-order valence-electron chi connectivity index (χ1n) is 9.30. The number of amides is 1. The monoisotopic (exact) mass is 367 g/mol. The second kappa shape index (κ2) is 7.61. The van der Waals surface area contributed by atoms with Gasteiger partial charge in [-0.05, 0) is 43.2 Å². The van der Waals surface area contributed by atoms with Gasteiger partial charge in [0, 0.05) is 23.3 Å². The predicted molar refractivity (Wildman–Crippen MR) is 112 cm³/mol. The fourth-order valence-corrected chi connectivity index (χ4v) is 3.48. The number of nitrogens with zero attached hydrogens (tertiary/aromatic N) is 2. The summed E-state index contributed by atoms with van der Waals surface area (Å²) in [5, 5.41) is 3.99. The molecule has 138 valence electrons. The molecule has 2 aromatic heterocycles. The Morgan fingerprint density at radius 3 is 2.36 bits per heavy atom. The molecule has 1 atom stereocenters. The largest absolute Gasteiger partial charge is 0.345 e. The van der Waals surface area contributed by atoms with Crippen LogP contribution in [-0.4, -0.2) is 15.9 Å². The van der Waals surface area contributed by atoms with Crippen LogP contribution in [0.5, 0.6) is 0 Å². The average Bonchev–Trinajstić information content (AvgIpc) is 2.74. The summed E-state index contributed by atoms with van der Waals surface area (Å²) in [6.07, 6.45) is 3.47. The number of aromatic nitrogens is 2. The van der Waals surface area contributed by atoms with Gasteiger partial charge in [-0.1, -0.05) is 48.5 Å². The van der Waals surface area contributed by atoms with Gasteiger partial charge in [0.15, 0.2) is 0 Å². The third-order valence-electron chi connectivity index (χ3n) is 4.96. The lowest BCUT2D eigenvalue weighted by Gasteiger charge is -2.18. The van der Waals surface area contributed by atoms with E-state index >= 15 is 0 Å². The summed E-state index contributed by atoms with van der Waals surface area (Å²) in [6.45, 7) is 3.94. The molecule has 0 saturated carbocycles. The molecule has 4 rings (SSSR count). The summed E-state index contributed by atoms with van der Waals surface area (Å²) in [5.41, 5.74) is 5.22. The third-order valence-corrected chi connectivity index (χ3v) is 4.96. The number of rotatable bonds is 4. The topological polar surface area (TPSA) is 54.9 Å². The fourth-order valence-electron chi connectivity index (χ4n) is 3.48. The van der Waals surface area contributed by atoms with Gasteiger partial charge in [0.1, 0.15) is 0 Å². The number of hydrogen-bond donors (Lipinski definition) is 1. The number of benzene rings is 2. The molecule has 0 spiro atoms. The molecule has 1 N–H and O–H groups in total. The smallest absolute Gasteiger partial charge is 0.252 e. The second-order valence-electron chi connectivity index (χ2n) is 6.82. The Labute approximate surface area is 164 Å². The zero-order chi connectivity index (χ0) is 19.5. The molecule has 0 aliphatic carbocycles. The predicted octanol–water partition coefficient (Wildman–Crippen LogP) is 5.10. The SMILES string of the molecule is Cc1c(-c2ccccc2)nc2ccccc2c1C(=O)NC(C)c1ccncc1.